The Bertz CT molecular complexity index is 1030. The molecule has 2 aromatic carbocycles. The van der Waals surface area contributed by atoms with Gasteiger partial charge in [-0.2, -0.15) is 13.2 Å². The summed E-state index contributed by atoms with van der Waals surface area (Å²) in [6.45, 7) is 1.70. The summed E-state index contributed by atoms with van der Waals surface area (Å²) >= 11 is 6.03. The largest absolute Gasteiger partial charge is 0.506 e. The minimum absolute atomic E-state index is 0.0198. The summed E-state index contributed by atoms with van der Waals surface area (Å²) in [5.41, 5.74) is -1.29. The van der Waals surface area contributed by atoms with Crippen LogP contribution in [0, 0.1) is 0 Å². The molecule has 0 bridgehead atoms. The monoisotopic (exact) mass is 440 g/mol. The maximum Gasteiger partial charge on any atom is 0.419 e. The van der Waals surface area contributed by atoms with Gasteiger partial charge in [0.15, 0.2) is 5.60 Å². The van der Waals surface area contributed by atoms with Crippen LogP contribution in [0.25, 0.3) is 0 Å². The molecule has 0 fully saturated rings. The Hall–Kier alpha value is -2.45. The van der Waals surface area contributed by atoms with Crippen molar-refractivity contribution >= 4 is 28.9 Å². The van der Waals surface area contributed by atoms with Gasteiger partial charge in [0.1, 0.15) is 5.75 Å². The van der Waals surface area contributed by atoms with Crippen LogP contribution in [0.4, 0.5) is 24.5 Å². The standard InChI is InChI=1S/C21H20ClF3N2O3/c1-2-10-9-20(30,21(23,24)25)19(11-6-7-13(22)18(29)17(10)11)27-15-5-3-4-14-12(15)8-16(28)26-14/h3-7,10,19,27,29-30H,2,8-9H2,1H3,(H,26,28)/t10-,19-,20+/m0/s1. The van der Waals surface area contributed by atoms with Gasteiger partial charge in [0.2, 0.25) is 5.91 Å². The quantitative estimate of drug-likeness (QED) is 0.548. The first-order valence-corrected chi connectivity index (χ1v) is 9.93. The number of aromatic hydroxyl groups is 1. The highest BCUT2D eigenvalue weighted by atomic mass is 35.5. The Morgan fingerprint density at radius 1 is 1.30 bits per heavy atom. The third-order valence-electron chi connectivity index (χ3n) is 6.03. The summed E-state index contributed by atoms with van der Waals surface area (Å²) in [5.74, 6) is -1.26. The lowest BCUT2D eigenvalue weighted by Crippen LogP contribution is -2.55. The van der Waals surface area contributed by atoms with Crippen molar-refractivity contribution in [2.45, 2.75) is 49.9 Å². The number of rotatable bonds is 3. The number of phenolic OH excluding ortho intramolecular Hbond substituents is 1. The van der Waals surface area contributed by atoms with E-state index in [-0.39, 0.29) is 35.1 Å². The molecule has 0 saturated carbocycles. The minimum Gasteiger partial charge on any atom is -0.506 e. The van der Waals surface area contributed by atoms with Gasteiger partial charge in [0.25, 0.3) is 0 Å². The van der Waals surface area contributed by atoms with Crippen LogP contribution < -0.4 is 10.6 Å². The molecule has 0 spiro atoms. The number of halogens is 4. The van der Waals surface area contributed by atoms with Crippen molar-refractivity contribution in [1.82, 2.24) is 0 Å². The van der Waals surface area contributed by atoms with E-state index in [0.717, 1.165) is 0 Å². The zero-order chi connectivity index (χ0) is 21.8. The van der Waals surface area contributed by atoms with Crippen molar-refractivity contribution in [2.75, 3.05) is 10.6 Å². The molecule has 160 valence electrons. The smallest absolute Gasteiger partial charge is 0.419 e. The zero-order valence-corrected chi connectivity index (χ0v) is 16.7. The summed E-state index contributed by atoms with van der Waals surface area (Å²) in [5, 5.41) is 27.0. The second-order valence-corrected chi connectivity index (χ2v) is 8.17. The fourth-order valence-corrected chi connectivity index (χ4v) is 4.66. The van der Waals surface area contributed by atoms with Gasteiger partial charge in [-0.15, -0.1) is 0 Å². The summed E-state index contributed by atoms with van der Waals surface area (Å²) in [4.78, 5) is 11.8. The van der Waals surface area contributed by atoms with Crippen molar-refractivity contribution in [3.05, 3.63) is 52.0 Å². The Balaban J connectivity index is 1.89. The Morgan fingerprint density at radius 2 is 2.03 bits per heavy atom. The summed E-state index contributed by atoms with van der Waals surface area (Å²) in [7, 11) is 0. The second-order valence-electron chi connectivity index (χ2n) is 7.76. The molecule has 9 heteroatoms. The lowest BCUT2D eigenvalue weighted by atomic mass is 9.69. The molecule has 0 radical (unpaired) electrons. The summed E-state index contributed by atoms with van der Waals surface area (Å²) in [6.07, 6.45) is -5.26. The molecular formula is C21H20ClF3N2O3. The van der Waals surface area contributed by atoms with Crippen molar-refractivity contribution < 1.29 is 28.2 Å². The molecule has 30 heavy (non-hydrogen) atoms. The van der Waals surface area contributed by atoms with Crippen LogP contribution in [-0.2, 0) is 11.2 Å². The molecule has 1 aliphatic carbocycles. The number of carbonyl (C=O) groups is 1. The Kier molecular flexibility index (Phi) is 4.90. The van der Waals surface area contributed by atoms with Crippen LogP contribution in [0.3, 0.4) is 0 Å². The number of hydrogen-bond acceptors (Lipinski definition) is 4. The van der Waals surface area contributed by atoms with E-state index in [9.17, 15) is 28.2 Å². The summed E-state index contributed by atoms with van der Waals surface area (Å²) in [6, 6.07) is 5.96. The molecule has 1 aliphatic heterocycles. The number of aliphatic hydroxyl groups is 1. The minimum atomic E-state index is -4.93. The highest BCUT2D eigenvalue weighted by Crippen LogP contribution is 2.56. The van der Waals surface area contributed by atoms with E-state index >= 15 is 0 Å². The van der Waals surface area contributed by atoms with Crippen LogP contribution in [0.1, 0.15) is 48.4 Å². The number of hydrogen-bond donors (Lipinski definition) is 4. The van der Waals surface area contributed by atoms with E-state index in [1.807, 2.05) is 0 Å². The van der Waals surface area contributed by atoms with Gasteiger partial charge in [-0.3, -0.25) is 4.79 Å². The molecule has 0 unspecified atom stereocenters. The molecule has 1 heterocycles. The fourth-order valence-electron chi connectivity index (χ4n) is 4.50. The van der Waals surface area contributed by atoms with E-state index in [2.05, 4.69) is 10.6 Å². The normalized spacial score (nSPS) is 25.5. The molecule has 2 aromatic rings. The highest BCUT2D eigenvalue weighted by Gasteiger charge is 2.62. The zero-order valence-electron chi connectivity index (χ0n) is 16.0. The number of benzene rings is 2. The van der Waals surface area contributed by atoms with Crippen LogP contribution in [0.5, 0.6) is 5.75 Å². The topological polar surface area (TPSA) is 81.6 Å². The number of nitrogens with one attached hydrogen (secondary N) is 2. The van der Waals surface area contributed by atoms with E-state index in [0.29, 0.717) is 22.5 Å². The molecule has 0 saturated heterocycles. The predicted molar refractivity (Wildman–Crippen MR) is 107 cm³/mol. The van der Waals surface area contributed by atoms with E-state index < -0.39 is 30.2 Å². The molecule has 2 aliphatic rings. The lowest BCUT2D eigenvalue weighted by Gasteiger charge is -2.46. The van der Waals surface area contributed by atoms with Crippen LogP contribution in [-0.4, -0.2) is 27.9 Å². The number of phenols is 1. The Morgan fingerprint density at radius 3 is 2.70 bits per heavy atom. The molecule has 0 aromatic heterocycles. The average Bonchev–Trinajstić information content (AvgIpc) is 3.06. The third kappa shape index (κ3) is 3.09. The fraction of sp³-hybridized carbons (Fsp3) is 0.381. The number of anilines is 2. The van der Waals surface area contributed by atoms with Gasteiger partial charge < -0.3 is 20.8 Å². The van der Waals surface area contributed by atoms with Gasteiger partial charge in [0.05, 0.1) is 17.5 Å². The molecule has 3 atom stereocenters. The van der Waals surface area contributed by atoms with Gasteiger partial charge in [-0.05, 0) is 42.5 Å². The SMILES string of the molecule is CC[C@H]1C[C@](O)(C(F)(F)F)[C@@H](Nc2cccc3c2CC(=O)N3)c2ccc(Cl)c(O)c21. The number of amides is 1. The van der Waals surface area contributed by atoms with Crippen molar-refractivity contribution in [3.63, 3.8) is 0 Å². The van der Waals surface area contributed by atoms with Crippen molar-refractivity contribution in [1.29, 1.82) is 0 Å². The predicted octanol–water partition coefficient (Wildman–Crippen LogP) is 4.88. The van der Waals surface area contributed by atoms with Crippen molar-refractivity contribution in [2.24, 2.45) is 0 Å². The molecule has 4 N–H and O–H groups in total. The van der Waals surface area contributed by atoms with E-state index in [1.54, 1.807) is 25.1 Å². The lowest BCUT2D eigenvalue weighted by molar-refractivity contribution is -0.272. The van der Waals surface area contributed by atoms with Gasteiger partial charge in [0, 0.05) is 22.5 Å². The molecule has 4 rings (SSSR count). The third-order valence-corrected chi connectivity index (χ3v) is 6.33. The molecule has 1 amide bonds. The van der Waals surface area contributed by atoms with Crippen LogP contribution >= 0.6 is 11.6 Å². The maximum atomic E-state index is 14.2. The highest BCUT2D eigenvalue weighted by molar-refractivity contribution is 6.32. The number of alkyl halides is 3. The first-order chi connectivity index (χ1) is 14.1. The summed E-state index contributed by atoms with van der Waals surface area (Å²) < 4.78 is 42.5. The first kappa shape index (κ1) is 20.8. The van der Waals surface area contributed by atoms with E-state index in [4.69, 9.17) is 11.6 Å². The Labute approximate surface area is 175 Å². The first-order valence-electron chi connectivity index (χ1n) is 9.55. The number of carbonyl (C=O) groups excluding carboxylic acids is 1. The van der Waals surface area contributed by atoms with Gasteiger partial charge >= 0.3 is 6.18 Å². The van der Waals surface area contributed by atoms with E-state index in [1.165, 1.54) is 12.1 Å². The van der Waals surface area contributed by atoms with Crippen LogP contribution in [0.15, 0.2) is 30.3 Å². The van der Waals surface area contributed by atoms with Crippen LogP contribution in [0.2, 0.25) is 5.02 Å². The number of fused-ring (bicyclic) bond motifs is 2. The maximum absolute atomic E-state index is 14.2. The van der Waals surface area contributed by atoms with Crippen molar-refractivity contribution in [3.8, 4) is 5.75 Å². The van der Waals surface area contributed by atoms with Gasteiger partial charge in [-0.1, -0.05) is 30.7 Å². The molecule has 5 nitrogen and oxygen atoms in total. The van der Waals surface area contributed by atoms with Gasteiger partial charge in [-0.25, -0.2) is 0 Å². The molecular weight excluding hydrogens is 421 g/mol. The second kappa shape index (κ2) is 7.06. The average molecular weight is 441 g/mol.